The Morgan fingerprint density at radius 2 is 2.27 bits per heavy atom. The number of carbonyl (C=O) groups is 1. The van der Waals surface area contributed by atoms with Crippen LogP contribution in [0.3, 0.4) is 0 Å². The normalized spacial score (nSPS) is 10.1. The van der Waals surface area contributed by atoms with Crippen LogP contribution in [-0.4, -0.2) is 19.1 Å². The van der Waals surface area contributed by atoms with Gasteiger partial charge in [-0.15, -0.1) is 0 Å². The lowest BCUT2D eigenvalue weighted by atomic mass is 10.2. The molecule has 0 aliphatic rings. The molecule has 4 nitrogen and oxygen atoms in total. The Morgan fingerprint density at radius 1 is 1.82 bits per heavy atom. The third-order valence-electron chi connectivity index (χ3n) is 0.780. The molecule has 11 heavy (non-hydrogen) atoms. The first kappa shape index (κ1) is 12.6. The van der Waals surface area contributed by atoms with Crippen molar-refractivity contribution >= 4 is 5.97 Å². The molecule has 2 N–H and O–H groups in total. The van der Waals surface area contributed by atoms with Crippen LogP contribution in [0.15, 0.2) is 0 Å². The Hall–Kier alpha value is -1.08. The molecular formula is C7H16N2O2. The van der Waals surface area contributed by atoms with Gasteiger partial charge in [0.2, 0.25) is 0 Å². The van der Waals surface area contributed by atoms with E-state index in [0.717, 1.165) is 0 Å². The summed E-state index contributed by atoms with van der Waals surface area (Å²) in [5, 5.41) is 8.10. The van der Waals surface area contributed by atoms with Crippen molar-refractivity contribution in [1.82, 2.24) is 0 Å². The summed E-state index contributed by atoms with van der Waals surface area (Å²) in [5.74, 6) is -0.455. The molecule has 0 aromatic heterocycles. The Morgan fingerprint density at radius 3 is 2.55 bits per heavy atom. The van der Waals surface area contributed by atoms with Gasteiger partial charge in [0, 0.05) is 1.43 Å². The maximum Gasteiger partial charge on any atom is 0.308 e. The van der Waals surface area contributed by atoms with E-state index in [1.165, 1.54) is 7.11 Å². The quantitative estimate of drug-likeness (QED) is 0.602. The highest BCUT2D eigenvalue weighted by molar-refractivity contribution is 5.70. The van der Waals surface area contributed by atoms with Crippen LogP contribution >= 0.6 is 0 Å². The maximum absolute atomic E-state index is 10.3. The smallest absolute Gasteiger partial charge is 0.308 e. The van der Waals surface area contributed by atoms with Gasteiger partial charge >= 0.3 is 5.97 Å². The van der Waals surface area contributed by atoms with Gasteiger partial charge in [0.25, 0.3) is 0 Å². The molecule has 0 aromatic carbocycles. The zero-order valence-electron chi connectivity index (χ0n) is 7.13. The van der Waals surface area contributed by atoms with E-state index in [0.29, 0.717) is 0 Å². The number of rotatable bonds is 2. The summed E-state index contributed by atoms with van der Waals surface area (Å²) in [7, 11) is 1.26. The molecule has 0 amide bonds. The number of hydrogen-bond donors (Lipinski definition) is 1. The Bertz CT molecular complexity index is 145. The predicted octanol–water partition coefficient (Wildman–Crippen LogP) is 0.673. The molecule has 0 aliphatic heterocycles. The average Bonchev–Trinajstić information content (AvgIpc) is 2.07. The molecule has 0 spiro atoms. The lowest BCUT2D eigenvalue weighted by Gasteiger charge is -1.97. The van der Waals surface area contributed by atoms with E-state index in [9.17, 15) is 4.79 Å². The first-order valence-electron chi connectivity index (χ1n) is 3.42. The highest BCUT2D eigenvalue weighted by Crippen LogP contribution is 1.87. The van der Waals surface area contributed by atoms with Gasteiger partial charge in [0.05, 0.1) is 19.6 Å². The predicted molar refractivity (Wildman–Crippen MR) is 43.7 cm³/mol. The molecule has 0 heterocycles. The van der Waals surface area contributed by atoms with Crippen LogP contribution in [0.25, 0.3) is 0 Å². The van der Waals surface area contributed by atoms with Crippen LogP contribution in [0.4, 0.5) is 0 Å². The average molecular weight is 160 g/mol. The van der Waals surface area contributed by atoms with Crippen molar-refractivity contribution in [2.45, 2.75) is 26.3 Å². The van der Waals surface area contributed by atoms with E-state index in [4.69, 9.17) is 11.0 Å². The number of esters is 1. The summed E-state index contributed by atoms with van der Waals surface area (Å²) < 4.78 is 4.25. The zero-order valence-corrected chi connectivity index (χ0v) is 7.13. The van der Waals surface area contributed by atoms with E-state index in [-0.39, 0.29) is 7.85 Å². The van der Waals surface area contributed by atoms with Crippen LogP contribution in [-0.2, 0) is 9.53 Å². The minimum Gasteiger partial charge on any atom is -0.469 e. The fourth-order valence-electron chi connectivity index (χ4n) is 0.309. The van der Waals surface area contributed by atoms with Gasteiger partial charge in [-0.2, -0.15) is 5.26 Å². The Labute approximate surface area is 68.4 Å². The summed E-state index contributed by atoms with van der Waals surface area (Å²) in [6.45, 7) is 4.00. The van der Waals surface area contributed by atoms with Crippen LogP contribution in [0, 0.1) is 11.3 Å². The molecule has 0 rings (SSSR count). The van der Waals surface area contributed by atoms with Gasteiger partial charge in [0.1, 0.15) is 6.04 Å². The molecule has 0 saturated carbocycles. The summed E-state index contributed by atoms with van der Waals surface area (Å²) in [6, 6.07) is 0.969. The van der Waals surface area contributed by atoms with E-state index in [2.05, 4.69) is 4.74 Å². The summed E-state index contributed by atoms with van der Waals surface area (Å²) in [5.41, 5.74) is 5.09. The number of carbonyl (C=O) groups excluding carboxylic acids is 1. The van der Waals surface area contributed by atoms with Crippen molar-refractivity contribution < 1.29 is 11.0 Å². The second kappa shape index (κ2) is 8.92. The second-order valence-electron chi connectivity index (χ2n) is 1.52. The first-order valence-corrected chi connectivity index (χ1v) is 3.42. The molecule has 4 heteroatoms. The van der Waals surface area contributed by atoms with Gasteiger partial charge in [-0.05, 0) is 0 Å². The Balaban J connectivity index is -0.000000249. The second-order valence-corrected chi connectivity index (χ2v) is 1.52. The van der Waals surface area contributed by atoms with E-state index in [1.54, 1.807) is 6.07 Å². The fourth-order valence-corrected chi connectivity index (χ4v) is 0.309. The van der Waals surface area contributed by atoms with Gasteiger partial charge in [0.15, 0.2) is 0 Å². The van der Waals surface area contributed by atoms with Crippen LogP contribution in [0.1, 0.15) is 21.7 Å². The minimum absolute atomic E-state index is 0. The molecule has 0 aliphatic carbocycles. The molecule has 1 atom stereocenters. The lowest BCUT2D eigenvalue weighted by Crippen LogP contribution is -2.22. The highest BCUT2D eigenvalue weighted by atomic mass is 16.5. The van der Waals surface area contributed by atoms with Crippen LogP contribution < -0.4 is 5.73 Å². The third-order valence-corrected chi connectivity index (χ3v) is 0.780. The number of methoxy groups -OCH3 is 1. The summed E-state index contributed by atoms with van der Waals surface area (Å²) in [4.78, 5) is 10.3. The van der Waals surface area contributed by atoms with Crippen molar-refractivity contribution in [3.05, 3.63) is 0 Å². The topological polar surface area (TPSA) is 76.1 Å². The molecule has 0 fully saturated rings. The van der Waals surface area contributed by atoms with E-state index < -0.39 is 12.0 Å². The molecular weight excluding hydrogens is 144 g/mol. The molecule has 0 saturated heterocycles. The number of nitrogens with two attached hydrogens (primary N) is 1. The van der Waals surface area contributed by atoms with Crippen molar-refractivity contribution in [2.75, 3.05) is 7.11 Å². The SMILES string of the molecule is CC.COC(=O)CC(N)C#N.[HH]. The van der Waals surface area contributed by atoms with Crippen LogP contribution in [0.5, 0.6) is 0 Å². The largest absolute Gasteiger partial charge is 0.469 e. The number of ether oxygens (including phenoxy) is 1. The zero-order chi connectivity index (χ0) is 9.28. The van der Waals surface area contributed by atoms with E-state index >= 15 is 0 Å². The number of nitrogens with zero attached hydrogens (tertiary/aromatic N) is 1. The maximum atomic E-state index is 10.3. The monoisotopic (exact) mass is 160 g/mol. The van der Waals surface area contributed by atoms with Gasteiger partial charge < -0.3 is 10.5 Å². The van der Waals surface area contributed by atoms with E-state index in [1.807, 2.05) is 13.8 Å². The molecule has 0 aromatic rings. The van der Waals surface area contributed by atoms with Gasteiger partial charge in [-0.1, -0.05) is 13.8 Å². The standard InChI is InChI=1S/C5H8N2O2.C2H6.H2/c1-9-5(8)2-4(7)3-6;1-2;/h4H,2,7H2,1H3;1-2H3;1H. The summed E-state index contributed by atoms with van der Waals surface area (Å²) in [6.07, 6.45) is -0.0347. The van der Waals surface area contributed by atoms with Crippen molar-refractivity contribution in [1.29, 1.82) is 5.26 Å². The number of hydrogen-bond acceptors (Lipinski definition) is 4. The molecule has 0 radical (unpaired) electrons. The number of nitriles is 1. The van der Waals surface area contributed by atoms with Crippen molar-refractivity contribution in [2.24, 2.45) is 5.73 Å². The van der Waals surface area contributed by atoms with Crippen molar-refractivity contribution in [3.63, 3.8) is 0 Å². The third kappa shape index (κ3) is 8.92. The fraction of sp³-hybridized carbons (Fsp3) is 0.714. The van der Waals surface area contributed by atoms with Gasteiger partial charge in [-0.25, -0.2) is 0 Å². The van der Waals surface area contributed by atoms with Crippen molar-refractivity contribution in [3.8, 4) is 6.07 Å². The minimum atomic E-state index is -0.738. The highest BCUT2D eigenvalue weighted by Gasteiger charge is 2.06. The molecule has 1 unspecified atom stereocenters. The van der Waals surface area contributed by atoms with Crippen LogP contribution in [0.2, 0.25) is 0 Å². The first-order chi connectivity index (χ1) is 5.20. The van der Waals surface area contributed by atoms with Gasteiger partial charge in [-0.3, -0.25) is 4.79 Å². The molecule has 0 bridgehead atoms. The lowest BCUT2D eigenvalue weighted by molar-refractivity contribution is -0.140. The summed E-state index contributed by atoms with van der Waals surface area (Å²) >= 11 is 0. The molecule has 66 valence electrons. The Kier molecular flexibility index (Phi) is 10.2.